The molecule has 170 valence electrons. The van der Waals surface area contributed by atoms with E-state index in [4.69, 9.17) is 14.5 Å². The molecule has 2 aliphatic heterocycles. The molecule has 1 fully saturated rings. The van der Waals surface area contributed by atoms with Crippen LogP contribution in [-0.2, 0) is 4.79 Å². The Hall–Kier alpha value is -2.99. The molecule has 0 N–H and O–H groups in total. The van der Waals surface area contributed by atoms with Crippen LogP contribution in [0.5, 0.6) is 11.5 Å². The lowest BCUT2D eigenvalue weighted by Crippen LogP contribution is -2.38. The van der Waals surface area contributed by atoms with Gasteiger partial charge in [0.1, 0.15) is 11.5 Å². The molecule has 0 saturated carbocycles. The van der Waals surface area contributed by atoms with Gasteiger partial charge in [-0.1, -0.05) is 42.4 Å². The topological polar surface area (TPSA) is 51.1 Å². The summed E-state index contributed by atoms with van der Waals surface area (Å²) in [6.07, 6.45) is 7.61. The quantitative estimate of drug-likeness (QED) is 0.562. The summed E-state index contributed by atoms with van der Waals surface area (Å²) in [5.41, 5.74) is 5.81. The minimum atomic E-state index is -0.113. The Morgan fingerprint density at radius 3 is 2.30 bits per heavy atom. The average Bonchev–Trinajstić information content (AvgIpc) is 3.22. The summed E-state index contributed by atoms with van der Waals surface area (Å²) in [6.45, 7) is 0. The third kappa shape index (κ3) is 4.32. The molecule has 1 amide bonds. The maximum atomic E-state index is 12.9. The highest BCUT2D eigenvalue weighted by molar-refractivity contribution is 8.15. The molecule has 0 spiro atoms. The molecule has 0 radical (unpaired) electrons. The maximum absolute atomic E-state index is 12.9. The first-order valence-electron chi connectivity index (χ1n) is 11.4. The number of hydrogen-bond donors (Lipinski definition) is 0. The zero-order valence-corrected chi connectivity index (χ0v) is 19.9. The molecular weight excluding hydrogens is 432 g/mol. The van der Waals surface area contributed by atoms with Gasteiger partial charge in [0.15, 0.2) is 5.17 Å². The lowest BCUT2D eigenvalue weighted by molar-refractivity contribution is -0.125. The summed E-state index contributed by atoms with van der Waals surface area (Å²) < 4.78 is 10.7. The van der Waals surface area contributed by atoms with Gasteiger partial charge in [0.2, 0.25) is 5.91 Å². The van der Waals surface area contributed by atoms with E-state index in [1.807, 2.05) is 29.2 Å². The minimum Gasteiger partial charge on any atom is -0.497 e. The van der Waals surface area contributed by atoms with Crippen LogP contribution in [0.25, 0.3) is 6.08 Å². The van der Waals surface area contributed by atoms with Crippen molar-refractivity contribution in [2.45, 2.75) is 38.1 Å². The van der Waals surface area contributed by atoms with Crippen molar-refractivity contribution in [1.29, 1.82) is 0 Å². The predicted octanol–water partition coefficient (Wildman–Crippen LogP) is 5.99. The molecular formula is C27H28N2O3S. The molecule has 1 atom stereocenters. The zero-order valence-electron chi connectivity index (χ0n) is 19.0. The van der Waals surface area contributed by atoms with E-state index in [-0.39, 0.29) is 11.9 Å². The first-order valence-corrected chi connectivity index (χ1v) is 12.4. The normalized spacial score (nSPS) is 21.8. The van der Waals surface area contributed by atoms with Crippen molar-refractivity contribution in [3.05, 3.63) is 76.5 Å². The van der Waals surface area contributed by atoms with Gasteiger partial charge in [-0.2, -0.15) is 0 Å². The second kappa shape index (κ2) is 9.48. The van der Waals surface area contributed by atoms with Gasteiger partial charge < -0.3 is 9.47 Å². The van der Waals surface area contributed by atoms with Gasteiger partial charge >= 0.3 is 0 Å². The number of aliphatic imine (C=N–C) groups is 1. The van der Waals surface area contributed by atoms with E-state index in [0.29, 0.717) is 5.75 Å². The number of allylic oxidation sites excluding steroid dienone is 1. The third-order valence-electron chi connectivity index (χ3n) is 6.48. The van der Waals surface area contributed by atoms with Gasteiger partial charge in [-0.15, -0.1) is 0 Å². The first kappa shape index (κ1) is 21.8. The van der Waals surface area contributed by atoms with Crippen LogP contribution in [0, 0.1) is 0 Å². The smallest absolute Gasteiger partial charge is 0.239 e. The summed E-state index contributed by atoms with van der Waals surface area (Å²) in [7, 11) is 3.36. The van der Waals surface area contributed by atoms with E-state index < -0.39 is 0 Å². The molecule has 2 aromatic carbocycles. The van der Waals surface area contributed by atoms with Gasteiger partial charge in [0, 0.05) is 0 Å². The lowest BCUT2D eigenvalue weighted by atomic mass is 9.85. The number of thioether (sulfide) groups is 1. The number of fused-ring (bicyclic) bond motifs is 1. The Bertz CT molecular complexity index is 1130. The molecule has 2 heterocycles. The molecule has 6 heteroatoms. The number of amidine groups is 1. The van der Waals surface area contributed by atoms with E-state index in [1.165, 1.54) is 17.6 Å². The molecule has 2 aromatic rings. The average molecular weight is 461 g/mol. The first-order chi connectivity index (χ1) is 16.2. The third-order valence-corrected chi connectivity index (χ3v) is 7.42. The zero-order chi connectivity index (χ0) is 22.8. The fourth-order valence-corrected chi connectivity index (χ4v) is 5.70. The van der Waals surface area contributed by atoms with E-state index >= 15 is 0 Å². The lowest BCUT2D eigenvalue weighted by Gasteiger charge is -2.36. The number of carbonyl (C=O) groups excluding carboxylic acids is 1. The second-order valence-electron chi connectivity index (χ2n) is 8.50. The maximum Gasteiger partial charge on any atom is 0.239 e. The van der Waals surface area contributed by atoms with Crippen LogP contribution in [0.3, 0.4) is 0 Å². The highest BCUT2D eigenvalue weighted by atomic mass is 32.2. The molecule has 0 aromatic heterocycles. The van der Waals surface area contributed by atoms with E-state index in [2.05, 4.69) is 30.3 Å². The van der Waals surface area contributed by atoms with Gasteiger partial charge in [0.05, 0.1) is 31.7 Å². The summed E-state index contributed by atoms with van der Waals surface area (Å²) in [6, 6.07) is 16.2. The van der Waals surface area contributed by atoms with Crippen molar-refractivity contribution in [1.82, 2.24) is 4.90 Å². The van der Waals surface area contributed by atoms with Crippen LogP contribution in [0.1, 0.15) is 49.3 Å². The highest BCUT2D eigenvalue weighted by Crippen LogP contribution is 2.46. The minimum absolute atomic E-state index is 0.113. The van der Waals surface area contributed by atoms with Crippen molar-refractivity contribution in [3.8, 4) is 11.5 Å². The fourth-order valence-electron chi connectivity index (χ4n) is 4.80. The van der Waals surface area contributed by atoms with Crippen LogP contribution in [0.4, 0.5) is 0 Å². The number of benzene rings is 2. The van der Waals surface area contributed by atoms with Gasteiger partial charge in [0.25, 0.3) is 0 Å². The molecule has 3 aliphatic rings. The monoisotopic (exact) mass is 460 g/mol. The van der Waals surface area contributed by atoms with Crippen LogP contribution < -0.4 is 9.47 Å². The van der Waals surface area contributed by atoms with Crippen molar-refractivity contribution < 1.29 is 14.3 Å². The van der Waals surface area contributed by atoms with Gasteiger partial charge in [-0.05, 0) is 78.3 Å². The van der Waals surface area contributed by atoms with Gasteiger partial charge in [-0.3, -0.25) is 9.69 Å². The predicted molar refractivity (Wildman–Crippen MR) is 134 cm³/mol. The van der Waals surface area contributed by atoms with Gasteiger partial charge in [-0.25, -0.2) is 4.99 Å². The summed E-state index contributed by atoms with van der Waals surface area (Å²) in [5.74, 6) is 2.25. The number of carbonyl (C=O) groups is 1. The van der Waals surface area contributed by atoms with Crippen LogP contribution in [0.2, 0.25) is 0 Å². The Morgan fingerprint density at radius 2 is 1.61 bits per heavy atom. The SMILES string of the molecule is COc1ccc(/C=C2\CCCCCC3=C2N=C2SCC(=O)N2C3c2ccc(OC)cc2)cc1. The molecule has 5 rings (SSSR count). The Kier molecular flexibility index (Phi) is 6.27. The Balaban J connectivity index is 1.63. The largest absolute Gasteiger partial charge is 0.497 e. The summed E-state index contributed by atoms with van der Waals surface area (Å²) in [5, 5.41) is 0.820. The van der Waals surface area contributed by atoms with Crippen molar-refractivity contribution in [2.24, 2.45) is 4.99 Å². The van der Waals surface area contributed by atoms with E-state index in [1.54, 1.807) is 26.0 Å². The molecule has 5 nitrogen and oxygen atoms in total. The number of ether oxygens (including phenoxy) is 2. The van der Waals surface area contributed by atoms with Crippen LogP contribution in [-0.4, -0.2) is 35.9 Å². The van der Waals surface area contributed by atoms with Crippen molar-refractivity contribution in [2.75, 3.05) is 20.0 Å². The number of rotatable bonds is 4. The molecule has 1 saturated heterocycles. The van der Waals surface area contributed by atoms with Crippen molar-refractivity contribution in [3.63, 3.8) is 0 Å². The fraction of sp³-hybridized carbons (Fsp3) is 0.333. The van der Waals surface area contributed by atoms with Crippen LogP contribution in [0.15, 0.2) is 70.4 Å². The number of methoxy groups -OCH3 is 2. The molecule has 1 aliphatic carbocycles. The number of hydrogen-bond acceptors (Lipinski definition) is 5. The molecule has 33 heavy (non-hydrogen) atoms. The standard InChI is InChI=1S/C27H28N2O3S/c1-31-21-12-8-18(9-13-21)16-20-6-4-3-5-7-23-25(20)28-27-29(24(30)17-33-27)26(23)19-10-14-22(32-2)15-11-19/h8-16,26H,3-7,17H2,1-2H3/b20-16+. The number of nitrogens with zero attached hydrogens (tertiary/aromatic N) is 2. The number of amides is 1. The molecule has 0 bridgehead atoms. The Labute approximate surface area is 199 Å². The summed E-state index contributed by atoms with van der Waals surface area (Å²) >= 11 is 1.55. The van der Waals surface area contributed by atoms with Crippen LogP contribution >= 0.6 is 11.8 Å². The van der Waals surface area contributed by atoms with E-state index in [9.17, 15) is 4.79 Å². The van der Waals surface area contributed by atoms with E-state index in [0.717, 1.165) is 59.2 Å². The summed E-state index contributed by atoms with van der Waals surface area (Å²) in [4.78, 5) is 19.9. The second-order valence-corrected chi connectivity index (χ2v) is 9.44. The molecule has 1 unspecified atom stereocenters. The van der Waals surface area contributed by atoms with Crippen molar-refractivity contribution >= 4 is 28.9 Å². The Morgan fingerprint density at radius 1 is 0.939 bits per heavy atom. The highest BCUT2D eigenvalue weighted by Gasteiger charge is 2.41.